The fraction of sp³-hybridized carbons (Fsp3) is 0.111. The van der Waals surface area contributed by atoms with Crippen LogP contribution in [0.2, 0.25) is 10.0 Å². The van der Waals surface area contributed by atoms with E-state index in [0.717, 1.165) is 11.6 Å². The topological polar surface area (TPSA) is 62.2 Å². The number of nitrogens with one attached hydrogen (secondary N) is 1. The van der Waals surface area contributed by atoms with Crippen molar-refractivity contribution in [2.24, 2.45) is 0 Å². The normalized spacial score (nSPS) is 10.9. The Hall–Kier alpha value is -2.37. The highest BCUT2D eigenvalue weighted by Crippen LogP contribution is 2.33. The third-order valence-electron chi connectivity index (χ3n) is 3.89. The van der Waals surface area contributed by atoms with Crippen LogP contribution in [0.5, 0.6) is 0 Å². The molecule has 0 radical (unpaired) electrons. The number of anilines is 1. The number of aromatic nitrogens is 1. The van der Waals surface area contributed by atoms with Crippen molar-refractivity contribution in [2.45, 2.75) is 6.42 Å². The van der Waals surface area contributed by atoms with E-state index in [-0.39, 0.29) is 28.3 Å². The number of carboxylic acids is 1. The highest BCUT2D eigenvalue weighted by atomic mass is 35.5. The van der Waals surface area contributed by atoms with E-state index in [4.69, 9.17) is 23.2 Å². The molecular weight excluding hydrogens is 366 g/mol. The van der Waals surface area contributed by atoms with Crippen LogP contribution < -0.4 is 5.32 Å². The quantitative estimate of drug-likeness (QED) is 0.669. The van der Waals surface area contributed by atoms with Crippen LogP contribution in [0, 0.1) is 5.82 Å². The van der Waals surface area contributed by atoms with Crippen LogP contribution in [-0.2, 0) is 6.42 Å². The number of benzene rings is 2. The summed E-state index contributed by atoms with van der Waals surface area (Å²) in [6.45, 7) is 0. The van der Waals surface area contributed by atoms with E-state index < -0.39 is 11.8 Å². The number of hydrogen-bond donors (Lipinski definition) is 2. The van der Waals surface area contributed by atoms with Crippen molar-refractivity contribution in [2.75, 3.05) is 12.4 Å². The molecule has 2 aromatic carbocycles. The number of nitrogens with zero attached hydrogens (tertiary/aromatic N) is 1. The molecule has 0 bridgehead atoms. The Morgan fingerprint density at radius 3 is 2.64 bits per heavy atom. The summed E-state index contributed by atoms with van der Waals surface area (Å²) in [4.78, 5) is 16.0. The second kappa shape index (κ2) is 6.86. The summed E-state index contributed by atoms with van der Waals surface area (Å²) in [5.41, 5.74) is 1.15. The van der Waals surface area contributed by atoms with Crippen LogP contribution in [0.25, 0.3) is 10.9 Å². The van der Waals surface area contributed by atoms with Crippen molar-refractivity contribution in [1.29, 1.82) is 0 Å². The van der Waals surface area contributed by atoms with Crippen molar-refractivity contribution >= 4 is 45.9 Å². The zero-order valence-corrected chi connectivity index (χ0v) is 14.6. The molecule has 3 rings (SSSR count). The predicted octanol–water partition coefficient (Wildman–Crippen LogP) is 5.01. The number of carbonyl (C=O) groups is 1. The molecule has 128 valence electrons. The molecule has 0 aliphatic heterocycles. The SMILES string of the molecule is CNc1nc2c(F)cc(Cl)cc2c(Cc2ccccc2Cl)c1C(=O)O. The Kier molecular flexibility index (Phi) is 4.79. The third kappa shape index (κ3) is 3.25. The summed E-state index contributed by atoms with van der Waals surface area (Å²) < 4.78 is 14.3. The molecule has 0 saturated heterocycles. The third-order valence-corrected chi connectivity index (χ3v) is 4.48. The maximum Gasteiger partial charge on any atom is 0.339 e. The first kappa shape index (κ1) is 17.5. The van der Waals surface area contributed by atoms with Gasteiger partial charge in [-0.2, -0.15) is 0 Å². The highest BCUT2D eigenvalue weighted by molar-refractivity contribution is 6.32. The zero-order valence-electron chi connectivity index (χ0n) is 13.1. The Bertz CT molecular complexity index is 992. The van der Waals surface area contributed by atoms with Gasteiger partial charge in [-0.1, -0.05) is 41.4 Å². The van der Waals surface area contributed by atoms with Crippen LogP contribution >= 0.6 is 23.2 Å². The maximum absolute atomic E-state index is 14.3. The lowest BCUT2D eigenvalue weighted by molar-refractivity contribution is 0.0697. The summed E-state index contributed by atoms with van der Waals surface area (Å²) in [6, 6.07) is 9.76. The van der Waals surface area contributed by atoms with E-state index in [2.05, 4.69) is 10.3 Å². The smallest absolute Gasteiger partial charge is 0.339 e. The largest absolute Gasteiger partial charge is 0.478 e. The Morgan fingerprint density at radius 1 is 1.28 bits per heavy atom. The van der Waals surface area contributed by atoms with Crippen LogP contribution in [0.1, 0.15) is 21.5 Å². The molecule has 1 heterocycles. The van der Waals surface area contributed by atoms with Crippen LogP contribution in [-0.4, -0.2) is 23.1 Å². The standard InChI is InChI=1S/C18H13Cl2FN2O2/c1-22-17-15(18(24)25)11(6-9-4-2-3-5-13(9)20)12-7-10(19)8-14(21)16(12)23-17/h2-5,7-8H,6H2,1H3,(H,22,23)(H,24,25). The van der Waals surface area contributed by atoms with Crippen molar-refractivity contribution in [3.8, 4) is 0 Å². The molecule has 1 aromatic heterocycles. The monoisotopic (exact) mass is 378 g/mol. The number of rotatable bonds is 4. The van der Waals surface area contributed by atoms with Gasteiger partial charge in [0.05, 0.1) is 0 Å². The van der Waals surface area contributed by atoms with Gasteiger partial charge in [0.2, 0.25) is 0 Å². The summed E-state index contributed by atoms with van der Waals surface area (Å²) in [5.74, 6) is -1.69. The number of halogens is 3. The maximum atomic E-state index is 14.3. The Morgan fingerprint density at radius 2 is 2.00 bits per heavy atom. The van der Waals surface area contributed by atoms with Crippen molar-refractivity contribution < 1.29 is 14.3 Å². The minimum Gasteiger partial charge on any atom is -0.478 e. The van der Waals surface area contributed by atoms with Gasteiger partial charge in [-0.3, -0.25) is 0 Å². The minimum atomic E-state index is -1.17. The molecule has 4 nitrogen and oxygen atoms in total. The van der Waals surface area contributed by atoms with Gasteiger partial charge in [0.25, 0.3) is 0 Å². The molecule has 0 atom stereocenters. The summed E-state index contributed by atoms with van der Waals surface area (Å²) in [5, 5.41) is 13.4. The van der Waals surface area contributed by atoms with E-state index in [1.54, 1.807) is 24.3 Å². The van der Waals surface area contributed by atoms with Gasteiger partial charge in [0, 0.05) is 28.9 Å². The summed E-state index contributed by atoms with van der Waals surface area (Å²) in [6.07, 6.45) is 0.203. The second-order valence-electron chi connectivity index (χ2n) is 5.42. The number of aromatic carboxylic acids is 1. The van der Waals surface area contributed by atoms with Crippen molar-refractivity contribution in [1.82, 2.24) is 4.98 Å². The first-order chi connectivity index (χ1) is 11.9. The molecule has 0 aliphatic carbocycles. The van der Waals surface area contributed by atoms with Gasteiger partial charge in [-0.25, -0.2) is 14.2 Å². The number of fused-ring (bicyclic) bond motifs is 1. The highest BCUT2D eigenvalue weighted by Gasteiger charge is 2.22. The van der Waals surface area contributed by atoms with Crippen molar-refractivity contribution in [3.63, 3.8) is 0 Å². The van der Waals surface area contributed by atoms with E-state index in [0.29, 0.717) is 16.0 Å². The molecular formula is C18H13Cl2FN2O2. The van der Waals surface area contributed by atoms with E-state index in [1.807, 2.05) is 0 Å². The molecule has 0 unspecified atom stereocenters. The van der Waals surface area contributed by atoms with E-state index in [1.165, 1.54) is 13.1 Å². The molecule has 2 N–H and O–H groups in total. The number of pyridine rings is 1. The Balaban J connectivity index is 2.38. The van der Waals surface area contributed by atoms with E-state index in [9.17, 15) is 14.3 Å². The number of hydrogen-bond acceptors (Lipinski definition) is 3. The van der Waals surface area contributed by atoms with Crippen molar-refractivity contribution in [3.05, 3.63) is 69.0 Å². The van der Waals surface area contributed by atoms with Gasteiger partial charge in [0.1, 0.15) is 16.9 Å². The first-order valence-corrected chi connectivity index (χ1v) is 8.14. The molecule has 0 fully saturated rings. The fourth-order valence-electron chi connectivity index (χ4n) is 2.78. The molecule has 0 spiro atoms. The molecule has 25 heavy (non-hydrogen) atoms. The lowest BCUT2D eigenvalue weighted by atomic mass is 9.95. The second-order valence-corrected chi connectivity index (χ2v) is 6.26. The first-order valence-electron chi connectivity index (χ1n) is 7.38. The van der Waals surface area contributed by atoms with Gasteiger partial charge in [-0.05, 0) is 29.3 Å². The van der Waals surface area contributed by atoms with Gasteiger partial charge >= 0.3 is 5.97 Å². The molecule has 0 amide bonds. The summed E-state index contributed by atoms with van der Waals surface area (Å²) >= 11 is 12.2. The molecule has 7 heteroatoms. The summed E-state index contributed by atoms with van der Waals surface area (Å²) in [7, 11) is 1.54. The average molecular weight is 379 g/mol. The van der Waals surface area contributed by atoms with Gasteiger partial charge < -0.3 is 10.4 Å². The zero-order chi connectivity index (χ0) is 18.1. The van der Waals surface area contributed by atoms with Crippen LogP contribution in [0.15, 0.2) is 36.4 Å². The molecule has 0 saturated carbocycles. The van der Waals surface area contributed by atoms with Gasteiger partial charge in [0.15, 0.2) is 5.82 Å². The molecule has 3 aromatic rings. The average Bonchev–Trinajstić information content (AvgIpc) is 2.56. The van der Waals surface area contributed by atoms with Crippen LogP contribution in [0.4, 0.5) is 10.2 Å². The Labute approximate surface area is 153 Å². The van der Waals surface area contributed by atoms with Crippen LogP contribution in [0.3, 0.4) is 0 Å². The van der Waals surface area contributed by atoms with Gasteiger partial charge in [-0.15, -0.1) is 0 Å². The molecule has 0 aliphatic rings. The van der Waals surface area contributed by atoms with E-state index >= 15 is 0 Å². The minimum absolute atomic E-state index is 0.0309. The number of carboxylic acid groups (broad SMARTS) is 1. The fourth-order valence-corrected chi connectivity index (χ4v) is 3.19. The lowest BCUT2D eigenvalue weighted by Crippen LogP contribution is -2.11. The lowest BCUT2D eigenvalue weighted by Gasteiger charge is -2.15. The predicted molar refractivity (Wildman–Crippen MR) is 97.5 cm³/mol.